The Kier molecular flexibility index (Phi) is 4.95. The lowest BCUT2D eigenvalue weighted by molar-refractivity contribution is 0.0467. The highest BCUT2D eigenvalue weighted by Crippen LogP contribution is 2.16. The van der Waals surface area contributed by atoms with Crippen LogP contribution in [0, 0.1) is 6.92 Å². The van der Waals surface area contributed by atoms with Crippen LogP contribution in [-0.4, -0.2) is 30.1 Å². The lowest BCUT2D eigenvalue weighted by Crippen LogP contribution is -2.16. The summed E-state index contributed by atoms with van der Waals surface area (Å²) in [4.78, 5) is 33.7. The van der Waals surface area contributed by atoms with Gasteiger partial charge in [-0.25, -0.2) is 19.4 Å². The van der Waals surface area contributed by atoms with Gasteiger partial charge < -0.3 is 4.74 Å². The largest absolute Gasteiger partial charge is 0.456 e. The van der Waals surface area contributed by atoms with Gasteiger partial charge in [0.1, 0.15) is 12.3 Å². The fourth-order valence-electron chi connectivity index (χ4n) is 3.51. The molecule has 4 aromatic heterocycles. The number of esters is 1. The Morgan fingerprint density at radius 3 is 2.75 bits per heavy atom. The Bertz CT molecular complexity index is 1510. The zero-order chi connectivity index (χ0) is 22.1. The van der Waals surface area contributed by atoms with Crippen molar-refractivity contribution >= 4 is 22.6 Å². The number of aryl methyl sites for hydroxylation is 1. The zero-order valence-corrected chi connectivity index (χ0v) is 17.3. The number of ether oxygens (including phenoxy) is 1. The first-order valence-corrected chi connectivity index (χ1v) is 10.1. The third-order valence-corrected chi connectivity index (χ3v) is 5.11. The maximum absolute atomic E-state index is 12.6. The van der Waals surface area contributed by atoms with Crippen molar-refractivity contribution in [2.45, 2.75) is 20.1 Å². The number of hydrogen-bond donors (Lipinski definition) is 0. The van der Waals surface area contributed by atoms with Gasteiger partial charge in [0.2, 0.25) is 0 Å². The van der Waals surface area contributed by atoms with Crippen LogP contribution < -0.4 is 5.56 Å². The molecular formula is C24H19N5O3. The SMILES string of the molecule is Cc1ccn2c(=O)cc(COC(=O)c3cnc4c(cnn4Cc4ccccc4)c3)nc2c1. The minimum atomic E-state index is -0.540. The number of pyridine rings is 2. The number of carbonyl (C=O) groups is 1. The molecule has 0 aliphatic heterocycles. The van der Waals surface area contributed by atoms with Gasteiger partial charge in [-0.15, -0.1) is 0 Å². The van der Waals surface area contributed by atoms with Crippen molar-refractivity contribution in [1.82, 2.24) is 24.1 Å². The van der Waals surface area contributed by atoms with Crippen LogP contribution in [0.1, 0.15) is 27.2 Å². The molecule has 0 amide bonds. The molecule has 0 N–H and O–H groups in total. The van der Waals surface area contributed by atoms with E-state index in [0.717, 1.165) is 16.5 Å². The number of hydrogen-bond acceptors (Lipinski definition) is 6. The smallest absolute Gasteiger partial charge is 0.340 e. The molecule has 0 bridgehead atoms. The highest BCUT2D eigenvalue weighted by Gasteiger charge is 2.13. The summed E-state index contributed by atoms with van der Waals surface area (Å²) in [5.74, 6) is -0.540. The standard InChI is InChI=1S/C24H19N5O3/c1-16-7-8-28-21(9-16)27-20(11-22(28)30)15-32-24(31)19-10-18-13-26-29(23(18)25-12-19)14-17-5-3-2-4-6-17/h2-13H,14-15H2,1H3. The number of carbonyl (C=O) groups excluding carboxylic acids is 1. The first-order chi connectivity index (χ1) is 15.6. The molecule has 8 heteroatoms. The Morgan fingerprint density at radius 1 is 1.06 bits per heavy atom. The molecule has 0 saturated carbocycles. The van der Waals surface area contributed by atoms with Gasteiger partial charge in [0.25, 0.3) is 5.56 Å². The molecule has 0 spiro atoms. The van der Waals surface area contributed by atoms with E-state index >= 15 is 0 Å². The molecule has 0 unspecified atom stereocenters. The van der Waals surface area contributed by atoms with Gasteiger partial charge in [-0.3, -0.25) is 9.20 Å². The Hall–Kier alpha value is -4.33. The van der Waals surface area contributed by atoms with Crippen molar-refractivity contribution in [2.75, 3.05) is 0 Å². The van der Waals surface area contributed by atoms with Crippen molar-refractivity contribution in [2.24, 2.45) is 0 Å². The van der Waals surface area contributed by atoms with E-state index in [1.807, 2.05) is 43.3 Å². The van der Waals surface area contributed by atoms with E-state index in [9.17, 15) is 9.59 Å². The number of rotatable bonds is 5. The van der Waals surface area contributed by atoms with Gasteiger partial charge >= 0.3 is 5.97 Å². The van der Waals surface area contributed by atoms with Gasteiger partial charge in [0.05, 0.1) is 24.0 Å². The van der Waals surface area contributed by atoms with Crippen molar-refractivity contribution < 1.29 is 9.53 Å². The Balaban J connectivity index is 1.33. The summed E-state index contributed by atoms with van der Waals surface area (Å²) in [6.07, 6.45) is 4.82. The van der Waals surface area contributed by atoms with Crippen molar-refractivity contribution in [1.29, 1.82) is 0 Å². The van der Waals surface area contributed by atoms with Crippen LogP contribution in [0.3, 0.4) is 0 Å². The summed E-state index contributed by atoms with van der Waals surface area (Å²) in [5.41, 5.74) is 3.76. The fraction of sp³-hybridized carbons (Fsp3) is 0.125. The Labute approximate surface area is 182 Å². The maximum Gasteiger partial charge on any atom is 0.340 e. The molecular weight excluding hydrogens is 406 g/mol. The summed E-state index contributed by atoms with van der Waals surface area (Å²) in [6.45, 7) is 2.40. The van der Waals surface area contributed by atoms with Crippen LogP contribution in [0.5, 0.6) is 0 Å². The van der Waals surface area contributed by atoms with E-state index in [2.05, 4.69) is 15.1 Å². The van der Waals surface area contributed by atoms with Crippen LogP contribution in [0.4, 0.5) is 0 Å². The van der Waals surface area contributed by atoms with E-state index in [1.165, 1.54) is 16.7 Å². The van der Waals surface area contributed by atoms with Crippen LogP contribution in [-0.2, 0) is 17.9 Å². The average molecular weight is 425 g/mol. The third kappa shape index (κ3) is 3.85. The van der Waals surface area contributed by atoms with Gasteiger partial charge in [-0.2, -0.15) is 5.10 Å². The second-order valence-corrected chi connectivity index (χ2v) is 7.52. The van der Waals surface area contributed by atoms with Gasteiger partial charge in [-0.05, 0) is 36.2 Å². The summed E-state index contributed by atoms with van der Waals surface area (Å²) < 4.78 is 8.62. The highest BCUT2D eigenvalue weighted by atomic mass is 16.5. The highest BCUT2D eigenvalue weighted by molar-refractivity contribution is 5.92. The first-order valence-electron chi connectivity index (χ1n) is 10.1. The topological polar surface area (TPSA) is 91.4 Å². The molecule has 158 valence electrons. The van der Waals surface area contributed by atoms with Gasteiger partial charge in [0, 0.05) is 23.8 Å². The lowest BCUT2D eigenvalue weighted by Gasteiger charge is -2.07. The first kappa shape index (κ1) is 19.6. The molecule has 4 heterocycles. The van der Waals surface area contributed by atoms with Crippen molar-refractivity contribution in [3.8, 4) is 0 Å². The molecule has 0 saturated heterocycles. The van der Waals surface area contributed by atoms with Crippen molar-refractivity contribution in [3.05, 3.63) is 106 Å². The molecule has 5 aromatic rings. The van der Waals surface area contributed by atoms with E-state index < -0.39 is 5.97 Å². The monoisotopic (exact) mass is 425 g/mol. The van der Waals surface area contributed by atoms with E-state index in [1.54, 1.807) is 29.2 Å². The molecule has 0 aliphatic rings. The number of aromatic nitrogens is 5. The number of benzene rings is 1. The minimum Gasteiger partial charge on any atom is -0.456 e. The van der Waals surface area contributed by atoms with E-state index in [-0.39, 0.29) is 12.2 Å². The lowest BCUT2D eigenvalue weighted by atomic mass is 10.2. The zero-order valence-electron chi connectivity index (χ0n) is 17.3. The third-order valence-electron chi connectivity index (χ3n) is 5.11. The average Bonchev–Trinajstić information content (AvgIpc) is 3.19. The quantitative estimate of drug-likeness (QED) is 0.402. The molecule has 0 atom stereocenters. The van der Waals surface area contributed by atoms with E-state index in [0.29, 0.717) is 29.1 Å². The van der Waals surface area contributed by atoms with Crippen LogP contribution in [0.2, 0.25) is 0 Å². The number of fused-ring (bicyclic) bond motifs is 2. The molecule has 5 rings (SSSR count). The summed E-state index contributed by atoms with van der Waals surface area (Å²) in [6, 6.07) is 16.7. The molecule has 32 heavy (non-hydrogen) atoms. The summed E-state index contributed by atoms with van der Waals surface area (Å²) in [7, 11) is 0. The van der Waals surface area contributed by atoms with Gasteiger partial charge in [-0.1, -0.05) is 30.3 Å². The van der Waals surface area contributed by atoms with Gasteiger partial charge in [0.15, 0.2) is 5.65 Å². The summed E-state index contributed by atoms with van der Waals surface area (Å²) >= 11 is 0. The second-order valence-electron chi connectivity index (χ2n) is 7.52. The normalized spacial score (nSPS) is 11.2. The fourth-order valence-corrected chi connectivity index (χ4v) is 3.51. The number of nitrogens with zero attached hydrogens (tertiary/aromatic N) is 5. The predicted octanol–water partition coefficient (Wildman–Crippen LogP) is 3.15. The molecule has 0 aliphatic carbocycles. The van der Waals surface area contributed by atoms with Crippen LogP contribution >= 0.6 is 0 Å². The van der Waals surface area contributed by atoms with Crippen molar-refractivity contribution in [3.63, 3.8) is 0 Å². The summed E-state index contributed by atoms with van der Waals surface area (Å²) in [5, 5.41) is 5.13. The van der Waals surface area contributed by atoms with E-state index in [4.69, 9.17) is 4.74 Å². The molecule has 8 nitrogen and oxygen atoms in total. The predicted molar refractivity (Wildman–Crippen MR) is 118 cm³/mol. The Morgan fingerprint density at radius 2 is 1.91 bits per heavy atom. The molecule has 1 aromatic carbocycles. The van der Waals surface area contributed by atoms with Crippen LogP contribution in [0.15, 0.2) is 78.0 Å². The molecule has 0 radical (unpaired) electrons. The van der Waals surface area contributed by atoms with Crippen LogP contribution in [0.25, 0.3) is 16.7 Å². The molecule has 0 fully saturated rings. The minimum absolute atomic E-state index is 0.107. The maximum atomic E-state index is 12.6. The second kappa shape index (κ2) is 8.07.